The Morgan fingerprint density at radius 3 is 2.42 bits per heavy atom. The van der Waals surface area contributed by atoms with E-state index < -0.39 is 0 Å². The Bertz CT molecular complexity index is 429. The summed E-state index contributed by atoms with van der Waals surface area (Å²) in [7, 11) is 0. The maximum Gasteiger partial charge on any atom is 0.184 e. The molecule has 1 atom stereocenters. The first-order chi connectivity index (χ1) is 9.06. The van der Waals surface area contributed by atoms with Gasteiger partial charge >= 0.3 is 0 Å². The van der Waals surface area contributed by atoms with Gasteiger partial charge in [0.05, 0.1) is 0 Å². The van der Waals surface area contributed by atoms with Gasteiger partial charge < -0.3 is 9.47 Å². The summed E-state index contributed by atoms with van der Waals surface area (Å²) in [5.41, 5.74) is 2.65. The number of hydrogen-bond acceptors (Lipinski definition) is 3. The standard InChI is InChI=1S/C16H22O3/c1-11(2)13-5-4-6-14(8-13)12(3)7-16-18-9-15(17)10-19-16/h4-6,8,11-12,16H,7,9-10H2,1-3H3. The molecule has 0 aliphatic carbocycles. The molecule has 19 heavy (non-hydrogen) atoms. The highest BCUT2D eigenvalue weighted by Gasteiger charge is 2.22. The van der Waals surface area contributed by atoms with Crippen molar-refractivity contribution in [3.05, 3.63) is 35.4 Å². The molecule has 3 heteroatoms. The average molecular weight is 262 g/mol. The molecular formula is C16H22O3. The molecule has 1 aliphatic heterocycles. The second-order valence-corrected chi connectivity index (χ2v) is 5.55. The monoisotopic (exact) mass is 262 g/mol. The molecule has 2 rings (SSSR count). The third kappa shape index (κ3) is 3.88. The number of ether oxygens (including phenoxy) is 2. The second kappa shape index (κ2) is 6.31. The fourth-order valence-electron chi connectivity index (χ4n) is 2.25. The van der Waals surface area contributed by atoms with E-state index in [0.717, 1.165) is 6.42 Å². The molecule has 1 fully saturated rings. The molecule has 0 aromatic heterocycles. The van der Waals surface area contributed by atoms with Crippen LogP contribution < -0.4 is 0 Å². The zero-order chi connectivity index (χ0) is 13.8. The normalized spacial score (nSPS) is 18.8. The van der Waals surface area contributed by atoms with Crippen LogP contribution in [0.5, 0.6) is 0 Å². The highest BCUT2D eigenvalue weighted by molar-refractivity contribution is 5.81. The number of ketones is 1. The number of carbonyl (C=O) groups is 1. The molecular weight excluding hydrogens is 240 g/mol. The third-order valence-corrected chi connectivity index (χ3v) is 3.55. The molecule has 1 heterocycles. The molecule has 104 valence electrons. The predicted octanol–water partition coefficient (Wildman–Crippen LogP) is 3.25. The summed E-state index contributed by atoms with van der Waals surface area (Å²) < 4.78 is 10.8. The zero-order valence-corrected chi connectivity index (χ0v) is 11.9. The molecule has 3 nitrogen and oxygen atoms in total. The van der Waals surface area contributed by atoms with Gasteiger partial charge in [-0.1, -0.05) is 45.0 Å². The third-order valence-electron chi connectivity index (χ3n) is 3.55. The molecule has 1 saturated heterocycles. The van der Waals surface area contributed by atoms with Crippen molar-refractivity contribution in [2.45, 2.75) is 45.3 Å². The SMILES string of the molecule is CC(C)c1cccc(C(C)CC2OCC(=O)CO2)c1. The summed E-state index contributed by atoms with van der Waals surface area (Å²) in [5, 5.41) is 0. The second-order valence-electron chi connectivity index (χ2n) is 5.55. The largest absolute Gasteiger partial charge is 0.345 e. The fourth-order valence-corrected chi connectivity index (χ4v) is 2.25. The van der Waals surface area contributed by atoms with E-state index in [1.54, 1.807) is 0 Å². The van der Waals surface area contributed by atoms with Gasteiger partial charge in [-0.3, -0.25) is 4.79 Å². The number of hydrogen-bond donors (Lipinski definition) is 0. The Morgan fingerprint density at radius 2 is 1.79 bits per heavy atom. The minimum Gasteiger partial charge on any atom is -0.345 e. The van der Waals surface area contributed by atoms with Gasteiger partial charge in [-0.05, 0) is 23.0 Å². The number of Topliss-reactive ketones (excluding diaryl/α,β-unsaturated/α-hetero) is 1. The Kier molecular flexibility index (Phi) is 4.72. The average Bonchev–Trinajstić information content (AvgIpc) is 2.41. The van der Waals surface area contributed by atoms with Gasteiger partial charge in [-0.15, -0.1) is 0 Å². The van der Waals surface area contributed by atoms with Crippen molar-refractivity contribution in [2.75, 3.05) is 13.2 Å². The van der Waals surface area contributed by atoms with Gasteiger partial charge in [0.25, 0.3) is 0 Å². The number of benzene rings is 1. The van der Waals surface area contributed by atoms with Gasteiger partial charge in [-0.2, -0.15) is 0 Å². The van der Waals surface area contributed by atoms with Crippen molar-refractivity contribution >= 4 is 5.78 Å². The summed E-state index contributed by atoms with van der Waals surface area (Å²) in [6.07, 6.45) is 0.532. The number of carbonyl (C=O) groups excluding carboxylic acids is 1. The van der Waals surface area contributed by atoms with Crippen LogP contribution in [0.2, 0.25) is 0 Å². The first-order valence-corrected chi connectivity index (χ1v) is 6.91. The van der Waals surface area contributed by atoms with Crippen molar-refractivity contribution in [3.8, 4) is 0 Å². The molecule has 1 aliphatic rings. The Labute approximate surface area is 114 Å². The quantitative estimate of drug-likeness (QED) is 0.835. The van der Waals surface area contributed by atoms with Crippen LogP contribution in [0.1, 0.15) is 50.2 Å². The van der Waals surface area contributed by atoms with Crippen molar-refractivity contribution in [2.24, 2.45) is 0 Å². The van der Waals surface area contributed by atoms with Crippen LogP contribution in [0.3, 0.4) is 0 Å². The highest BCUT2D eigenvalue weighted by Crippen LogP contribution is 2.26. The summed E-state index contributed by atoms with van der Waals surface area (Å²) >= 11 is 0. The van der Waals surface area contributed by atoms with Crippen LogP contribution in [0.15, 0.2) is 24.3 Å². The first kappa shape index (κ1) is 14.2. The van der Waals surface area contributed by atoms with E-state index in [9.17, 15) is 4.79 Å². The van der Waals surface area contributed by atoms with E-state index in [1.807, 2.05) is 0 Å². The van der Waals surface area contributed by atoms with Crippen molar-refractivity contribution < 1.29 is 14.3 Å². The summed E-state index contributed by atoms with van der Waals surface area (Å²) in [5.74, 6) is 0.912. The van der Waals surface area contributed by atoms with E-state index in [-0.39, 0.29) is 25.3 Å². The predicted molar refractivity (Wildman–Crippen MR) is 74.3 cm³/mol. The van der Waals surface area contributed by atoms with Crippen LogP contribution in [0.25, 0.3) is 0 Å². The van der Waals surface area contributed by atoms with E-state index in [0.29, 0.717) is 11.8 Å². The van der Waals surface area contributed by atoms with Crippen LogP contribution in [-0.4, -0.2) is 25.3 Å². The Hall–Kier alpha value is -1.19. The fraction of sp³-hybridized carbons (Fsp3) is 0.562. The highest BCUT2D eigenvalue weighted by atomic mass is 16.7. The topological polar surface area (TPSA) is 35.5 Å². The lowest BCUT2D eigenvalue weighted by Gasteiger charge is -2.25. The van der Waals surface area contributed by atoms with Gasteiger partial charge in [0, 0.05) is 6.42 Å². The molecule has 1 aromatic carbocycles. The van der Waals surface area contributed by atoms with E-state index in [2.05, 4.69) is 45.0 Å². The molecule has 0 saturated carbocycles. The van der Waals surface area contributed by atoms with E-state index in [4.69, 9.17) is 9.47 Å². The minimum atomic E-state index is -0.254. The van der Waals surface area contributed by atoms with Gasteiger partial charge in [0.15, 0.2) is 12.1 Å². The van der Waals surface area contributed by atoms with Gasteiger partial charge in [-0.25, -0.2) is 0 Å². The van der Waals surface area contributed by atoms with Crippen LogP contribution >= 0.6 is 0 Å². The lowest BCUT2D eigenvalue weighted by atomic mass is 9.93. The lowest BCUT2D eigenvalue weighted by molar-refractivity contribution is -0.188. The molecule has 0 radical (unpaired) electrons. The summed E-state index contributed by atoms with van der Waals surface area (Å²) in [6.45, 7) is 6.93. The summed E-state index contributed by atoms with van der Waals surface area (Å²) in [4.78, 5) is 11.0. The van der Waals surface area contributed by atoms with Crippen LogP contribution in [0.4, 0.5) is 0 Å². The van der Waals surface area contributed by atoms with Crippen molar-refractivity contribution in [1.82, 2.24) is 0 Å². The maximum atomic E-state index is 11.0. The van der Waals surface area contributed by atoms with Crippen LogP contribution in [0, 0.1) is 0 Å². The zero-order valence-electron chi connectivity index (χ0n) is 11.9. The minimum absolute atomic E-state index is 0.0192. The first-order valence-electron chi connectivity index (χ1n) is 6.91. The number of rotatable bonds is 4. The Balaban J connectivity index is 1.97. The van der Waals surface area contributed by atoms with E-state index >= 15 is 0 Å². The molecule has 1 aromatic rings. The smallest absolute Gasteiger partial charge is 0.184 e. The molecule has 0 amide bonds. The lowest BCUT2D eigenvalue weighted by Crippen LogP contribution is -2.32. The maximum absolute atomic E-state index is 11.0. The Morgan fingerprint density at radius 1 is 1.16 bits per heavy atom. The molecule has 0 bridgehead atoms. The summed E-state index contributed by atoms with van der Waals surface area (Å²) in [6, 6.07) is 8.66. The van der Waals surface area contributed by atoms with Gasteiger partial charge in [0.1, 0.15) is 13.2 Å². The van der Waals surface area contributed by atoms with Crippen molar-refractivity contribution in [1.29, 1.82) is 0 Å². The van der Waals surface area contributed by atoms with Crippen molar-refractivity contribution in [3.63, 3.8) is 0 Å². The molecule has 0 N–H and O–H groups in total. The van der Waals surface area contributed by atoms with E-state index in [1.165, 1.54) is 11.1 Å². The van der Waals surface area contributed by atoms with Gasteiger partial charge in [0.2, 0.25) is 0 Å². The molecule has 1 unspecified atom stereocenters. The molecule has 0 spiro atoms. The van der Waals surface area contributed by atoms with Crippen LogP contribution in [-0.2, 0) is 14.3 Å².